The fourth-order valence-electron chi connectivity index (χ4n) is 1.81. The van der Waals surface area contributed by atoms with E-state index in [1.807, 2.05) is 25.1 Å². The van der Waals surface area contributed by atoms with Crippen molar-refractivity contribution in [1.29, 1.82) is 0 Å². The Morgan fingerprint density at radius 1 is 1.17 bits per heavy atom. The molecule has 2 N–H and O–H groups in total. The van der Waals surface area contributed by atoms with Crippen molar-refractivity contribution in [2.75, 3.05) is 0 Å². The van der Waals surface area contributed by atoms with Gasteiger partial charge in [-0.25, -0.2) is 4.98 Å². The van der Waals surface area contributed by atoms with Gasteiger partial charge in [-0.3, -0.25) is 0 Å². The minimum absolute atomic E-state index is 0.433. The van der Waals surface area contributed by atoms with E-state index in [1.165, 1.54) is 5.56 Å². The highest BCUT2D eigenvalue weighted by atomic mass is 16.5. The topological polar surface area (TPSA) is 48.1 Å². The van der Waals surface area contributed by atoms with Crippen LogP contribution in [0.2, 0.25) is 0 Å². The Morgan fingerprint density at radius 3 is 2.50 bits per heavy atom. The summed E-state index contributed by atoms with van der Waals surface area (Å²) in [4.78, 5) is 4.25. The van der Waals surface area contributed by atoms with Gasteiger partial charge < -0.3 is 10.5 Å². The van der Waals surface area contributed by atoms with E-state index in [2.05, 4.69) is 24.0 Å². The van der Waals surface area contributed by atoms with Crippen LogP contribution < -0.4 is 10.5 Å². The third-order valence-corrected chi connectivity index (χ3v) is 3.00. The lowest BCUT2D eigenvalue weighted by Crippen LogP contribution is -2.03. The van der Waals surface area contributed by atoms with Gasteiger partial charge in [0.15, 0.2) is 0 Å². The molecule has 0 atom stereocenters. The molecule has 1 heterocycles. The summed E-state index contributed by atoms with van der Waals surface area (Å²) in [7, 11) is 0. The van der Waals surface area contributed by atoms with Crippen LogP contribution >= 0.6 is 0 Å². The highest BCUT2D eigenvalue weighted by Gasteiger charge is 2.07. The lowest BCUT2D eigenvalue weighted by Gasteiger charge is -2.11. The van der Waals surface area contributed by atoms with Crippen LogP contribution in [0.25, 0.3) is 0 Å². The van der Waals surface area contributed by atoms with E-state index < -0.39 is 0 Å². The maximum absolute atomic E-state index is 5.79. The molecule has 3 nitrogen and oxygen atoms in total. The molecule has 0 radical (unpaired) electrons. The molecule has 0 fully saturated rings. The zero-order valence-electron chi connectivity index (χ0n) is 10.8. The normalized spacial score (nSPS) is 10.4. The first kappa shape index (κ1) is 12.6. The van der Waals surface area contributed by atoms with Crippen LogP contribution in [-0.4, -0.2) is 4.98 Å². The standard InChI is InChI=1S/C15H18N2O/c1-3-12-4-6-13(7-5-12)18-15-14(10-16)11(2)8-9-17-15/h4-9H,3,10,16H2,1-2H3. The van der Waals surface area contributed by atoms with E-state index in [-0.39, 0.29) is 0 Å². The van der Waals surface area contributed by atoms with Gasteiger partial charge in [-0.2, -0.15) is 0 Å². The van der Waals surface area contributed by atoms with Crippen molar-refractivity contribution in [1.82, 2.24) is 4.98 Å². The number of aryl methyl sites for hydroxylation is 2. The van der Waals surface area contributed by atoms with Gasteiger partial charge in [-0.15, -0.1) is 0 Å². The summed E-state index contributed by atoms with van der Waals surface area (Å²) < 4.78 is 5.79. The average molecular weight is 242 g/mol. The highest BCUT2D eigenvalue weighted by molar-refractivity contribution is 5.37. The van der Waals surface area contributed by atoms with Crippen molar-refractivity contribution in [2.24, 2.45) is 5.73 Å². The zero-order chi connectivity index (χ0) is 13.0. The molecule has 0 bridgehead atoms. The summed E-state index contributed by atoms with van der Waals surface area (Å²) in [6, 6.07) is 9.99. The van der Waals surface area contributed by atoms with Crippen molar-refractivity contribution in [3.63, 3.8) is 0 Å². The van der Waals surface area contributed by atoms with Crippen LogP contribution in [0.3, 0.4) is 0 Å². The second-order valence-corrected chi connectivity index (χ2v) is 4.22. The number of pyridine rings is 1. The second kappa shape index (κ2) is 5.65. The fraction of sp³-hybridized carbons (Fsp3) is 0.267. The summed E-state index contributed by atoms with van der Waals surface area (Å²) >= 11 is 0. The molecular weight excluding hydrogens is 224 g/mol. The largest absolute Gasteiger partial charge is 0.439 e. The van der Waals surface area contributed by atoms with Crippen molar-refractivity contribution in [3.05, 3.63) is 53.2 Å². The first-order chi connectivity index (χ1) is 8.74. The van der Waals surface area contributed by atoms with Crippen LogP contribution in [-0.2, 0) is 13.0 Å². The SMILES string of the molecule is CCc1ccc(Oc2nccc(C)c2CN)cc1. The predicted octanol–water partition coefficient (Wildman–Crippen LogP) is 3.20. The number of aromatic nitrogens is 1. The third kappa shape index (κ3) is 2.68. The number of hydrogen-bond donors (Lipinski definition) is 1. The molecule has 0 amide bonds. The molecule has 1 aromatic heterocycles. The van der Waals surface area contributed by atoms with Gasteiger partial charge in [0.25, 0.3) is 0 Å². The lowest BCUT2D eigenvalue weighted by atomic mass is 10.1. The van der Waals surface area contributed by atoms with Crippen LogP contribution in [0.15, 0.2) is 36.5 Å². The van der Waals surface area contributed by atoms with Gasteiger partial charge in [-0.05, 0) is 42.7 Å². The van der Waals surface area contributed by atoms with Gasteiger partial charge in [0.1, 0.15) is 5.75 Å². The van der Waals surface area contributed by atoms with E-state index in [0.29, 0.717) is 12.4 Å². The van der Waals surface area contributed by atoms with E-state index in [1.54, 1.807) is 6.20 Å². The van der Waals surface area contributed by atoms with E-state index in [9.17, 15) is 0 Å². The van der Waals surface area contributed by atoms with Crippen molar-refractivity contribution >= 4 is 0 Å². The molecule has 2 rings (SSSR count). The average Bonchev–Trinajstić information content (AvgIpc) is 2.40. The fourth-order valence-corrected chi connectivity index (χ4v) is 1.81. The second-order valence-electron chi connectivity index (χ2n) is 4.22. The summed E-state index contributed by atoms with van der Waals surface area (Å²) in [5.41, 5.74) is 9.08. The zero-order valence-corrected chi connectivity index (χ0v) is 10.8. The van der Waals surface area contributed by atoms with Gasteiger partial charge in [0.2, 0.25) is 5.88 Å². The Hall–Kier alpha value is -1.87. The molecule has 0 saturated carbocycles. The van der Waals surface area contributed by atoms with E-state index >= 15 is 0 Å². The molecule has 18 heavy (non-hydrogen) atoms. The summed E-state index contributed by atoms with van der Waals surface area (Å²) in [5.74, 6) is 1.39. The molecule has 0 aliphatic rings. The van der Waals surface area contributed by atoms with Crippen LogP contribution in [0, 0.1) is 6.92 Å². The molecular formula is C15H18N2O. The number of rotatable bonds is 4. The molecule has 94 valence electrons. The maximum atomic E-state index is 5.79. The molecule has 0 aliphatic carbocycles. The number of hydrogen-bond acceptors (Lipinski definition) is 3. The molecule has 0 saturated heterocycles. The van der Waals surface area contributed by atoms with Gasteiger partial charge in [0, 0.05) is 18.3 Å². The number of benzene rings is 1. The minimum atomic E-state index is 0.433. The van der Waals surface area contributed by atoms with Crippen molar-refractivity contribution in [2.45, 2.75) is 26.8 Å². The number of nitrogens with zero attached hydrogens (tertiary/aromatic N) is 1. The van der Waals surface area contributed by atoms with Gasteiger partial charge in [0.05, 0.1) is 0 Å². The first-order valence-corrected chi connectivity index (χ1v) is 6.16. The van der Waals surface area contributed by atoms with Crippen molar-refractivity contribution < 1.29 is 4.74 Å². The molecule has 0 spiro atoms. The van der Waals surface area contributed by atoms with Gasteiger partial charge in [-0.1, -0.05) is 19.1 Å². The Morgan fingerprint density at radius 2 is 1.89 bits per heavy atom. The molecule has 2 aromatic rings. The quantitative estimate of drug-likeness (QED) is 0.895. The summed E-state index contributed by atoms with van der Waals surface area (Å²) in [6.45, 7) is 4.57. The molecule has 0 aliphatic heterocycles. The van der Waals surface area contributed by atoms with Crippen molar-refractivity contribution in [3.8, 4) is 11.6 Å². The van der Waals surface area contributed by atoms with Crippen LogP contribution in [0.1, 0.15) is 23.6 Å². The molecule has 0 unspecified atom stereocenters. The molecule has 3 heteroatoms. The Kier molecular flexibility index (Phi) is 3.95. The number of ether oxygens (including phenoxy) is 1. The Labute approximate surface area is 108 Å². The van der Waals surface area contributed by atoms with E-state index in [0.717, 1.165) is 23.3 Å². The van der Waals surface area contributed by atoms with Crippen LogP contribution in [0.4, 0.5) is 0 Å². The smallest absolute Gasteiger partial charge is 0.223 e. The summed E-state index contributed by atoms with van der Waals surface area (Å²) in [6.07, 6.45) is 2.77. The number of nitrogens with two attached hydrogens (primary N) is 1. The van der Waals surface area contributed by atoms with Gasteiger partial charge >= 0.3 is 0 Å². The highest BCUT2D eigenvalue weighted by Crippen LogP contribution is 2.25. The summed E-state index contributed by atoms with van der Waals surface area (Å²) in [5, 5.41) is 0. The predicted molar refractivity (Wildman–Crippen MR) is 72.8 cm³/mol. The third-order valence-electron chi connectivity index (χ3n) is 3.00. The minimum Gasteiger partial charge on any atom is -0.439 e. The molecule has 1 aromatic carbocycles. The Balaban J connectivity index is 2.25. The maximum Gasteiger partial charge on any atom is 0.223 e. The lowest BCUT2D eigenvalue weighted by molar-refractivity contribution is 0.455. The van der Waals surface area contributed by atoms with Crippen LogP contribution in [0.5, 0.6) is 11.6 Å². The Bertz CT molecular complexity index is 521. The monoisotopic (exact) mass is 242 g/mol. The first-order valence-electron chi connectivity index (χ1n) is 6.16. The van der Waals surface area contributed by atoms with E-state index in [4.69, 9.17) is 10.5 Å².